The first-order valence-corrected chi connectivity index (χ1v) is 5.75. The lowest BCUT2D eigenvalue weighted by Crippen LogP contribution is -2.25. The van der Waals surface area contributed by atoms with Crippen molar-refractivity contribution in [1.82, 2.24) is 4.90 Å². The van der Waals surface area contributed by atoms with Crippen molar-refractivity contribution in [2.45, 2.75) is 25.4 Å². The maximum Gasteiger partial charge on any atom is 0.254 e. The molecule has 2 aliphatic rings. The average molecular weight is 270 g/mol. The fourth-order valence-corrected chi connectivity index (χ4v) is 2.46. The molecule has 78 valence electrons. The molecule has 0 atom stereocenters. The zero-order valence-electron chi connectivity index (χ0n) is 7.96. The number of benzene rings is 1. The highest BCUT2D eigenvalue weighted by molar-refractivity contribution is 9.10. The van der Waals surface area contributed by atoms with E-state index in [0.717, 1.165) is 12.8 Å². The first kappa shape index (κ1) is 9.33. The van der Waals surface area contributed by atoms with Crippen LogP contribution in [-0.2, 0) is 6.54 Å². The van der Waals surface area contributed by atoms with Gasteiger partial charge in [0, 0.05) is 28.2 Å². The van der Waals surface area contributed by atoms with Gasteiger partial charge in [0.2, 0.25) is 0 Å². The number of carbonyl (C=O) groups excluding carboxylic acids is 1. The Morgan fingerprint density at radius 3 is 2.80 bits per heavy atom. The van der Waals surface area contributed by atoms with Gasteiger partial charge in [-0.05, 0) is 25.0 Å². The second-order valence-electron chi connectivity index (χ2n) is 4.08. The predicted octanol–water partition coefficient (Wildman–Crippen LogP) is 2.71. The van der Waals surface area contributed by atoms with Gasteiger partial charge in [-0.2, -0.15) is 0 Å². The molecule has 0 bridgehead atoms. The summed E-state index contributed by atoms with van der Waals surface area (Å²) >= 11 is 3.21. The third-order valence-electron chi connectivity index (χ3n) is 2.97. The molecule has 1 aromatic carbocycles. The van der Waals surface area contributed by atoms with E-state index in [1.54, 1.807) is 11.0 Å². The van der Waals surface area contributed by atoms with Gasteiger partial charge in [0.25, 0.3) is 5.91 Å². The Labute approximate surface area is 95.2 Å². The summed E-state index contributed by atoms with van der Waals surface area (Å²) in [6.07, 6.45) is 2.12. The van der Waals surface area contributed by atoms with Crippen molar-refractivity contribution in [2.75, 3.05) is 0 Å². The molecule has 0 N–H and O–H groups in total. The molecule has 15 heavy (non-hydrogen) atoms. The van der Waals surface area contributed by atoms with Crippen LogP contribution < -0.4 is 0 Å². The van der Waals surface area contributed by atoms with Crippen LogP contribution in [0.25, 0.3) is 0 Å². The van der Waals surface area contributed by atoms with Crippen molar-refractivity contribution < 1.29 is 9.18 Å². The van der Waals surface area contributed by atoms with Crippen LogP contribution in [-0.4, -0.2) is 16.8 Å². The highest BCUT2D eigenvalue weighted by Crippen LogP contribution is 2.36. The first-order chi connectivity index (χ1) is 7.16. The zero-order chi connectivity index (χ0) is 10.6. The fourth-order valence-electron chi connectivity index (χ4n) is 2.03. The van der Waals surface area contributed by atoms with Gasteiger partial charge in [-0.3, -0.25) is 4.79 Å². The molecular weight excluding hydrogens is 261 g/mol. The zero-order valence-corrected chi connectivity index (χ0v) is 9.55. The second kappa shape index (κ2) is 3.04. The molecule has 3 rings (SSSR count). The molecule has 0 saturated heterocycles. The maximum atomic E-state index is 13.6. The minimum absolute atomic E-state index is 0.0206. The summed E-state index contributed by atoms with van der Waals surface area (Å²) in [4.78, 5) is 13.7. The van der Waals surface area contributed by atoms with E-state index in [9.17, 15) is 9.18 Å². The maximum absolute atomic E-state index is 13.6. The highest BCUT2D eigenvalue weighted by Gasteiger charge is 2.39. The average Bonchev–Trinajstić information content (AvgIpc) is 2.94. The van der Waals surface area contributed by atoms with E-state index in [1.165, 1.54) is 6.07 Å². The smallest absolute Gasteiger partial charge is 0.254 e. The molecule has 0 unspecified atom stereocenters. The van der Waals surface area contributed by atoms with Crippen LogP contribution in [0.5, 0.6) is 0 Å². The van der Waals surface area contributed by atoms with E-state index in [-0.39, 0.29) is 11.7 Å². The van der Waals surface area contributed by atoms with Crippen molar-refractivity contribution in [3.8, 4) is 0 Å². The summed E-state index contributed by atoms with van der Waals surface area (Å²) in [5, 5.41) is 0. The number of carbonyl (C=O) groups is 1. The van der Waals surface area contributed by atoms with E-state index in [1.807, 2.05) is 0 Å². The van der Waals surface area contributed by atoms with Gasteiger partial charge in [0.1, 0.15) is 5.82 Å². The topological polar surface area (TPSA) is 20.3 Å². The number of hydrogen-bond donors (Lipinski definition) is 0. The Hall–Kier alpha value is -0.900. The molecule has 1 fully saturated rings. The number of fused-ring (bicyclic) bond motifs is 1. The molecule has 2 nitrogen and oxygen atoms in total. The third-order valence-corrected chi connectivity index (χ3v) is 3.43. The standard InChI is InChI=1S/C11H9BrFNO/c12-6-3-8-9(10(13)4-6)5-14(11(8)15)7-1-2-7/h3-4,7H,1-2,5H2. The summed E-state index contributed by atoms with van der Waals surface area (Å²) in [5.41, 5.74) is 1.07. The molecule has 1 amide bonds. The van der Waals surface area contributed by atoms with Crippen LogP contribution in [0.15, 0.2) is 16.6 Å². The summed E-state index contributed by atoms with van der Waals surface area (Å²) in [5.74, 6) is -0.302. The Kier molecular flexibility index (Phi) is 1.89. The molecular formula is C11H9BrFNO. The first-order valence-electron chi connectivity index (χ1n) is 4.95. The molecule has 1 aliphatic carbocycles. The lowest BCUT2D eigenvalue weighted by Gasteiger charge is -2.13. The molecule has 1 heterocycles. The number of halogens is 2. The van der Waals surface area contributed by atoms with Gasteiger partial charge in [-0.15, -0.1) is 0 Å². The van der Waals surface area contributed by atoms with E-state index in [2.05, 4.69) is 15.9 Å². The molecule has 1 saturated carbocycles. The van der Waals surface area contributed by atoms with E-state index in [0.29, 0.717) is 28.2 Å². The van der Waals surface area contributed by atoms with E-state index < -0.39 is 0 Å². The van der Waals surface area contributed by atoms with Crippen LogP contribution in [0.3, 0.4) is 0 Å². The van der Waals surface area contributed by atoms with Gasteiger partial charge >= 0.3 is 0 Å². The summed E-state index contributed by atoms with van der Waals surface area (Å²) in [6, 6.07) is 3.48. The van der Waals surface area contributed by atoms with Crippen LogP contribution >= 0.6 is 15.9 Å². The van der Waals surface area contributed by atoms with Crippen molar-refractivity contribution >= 4 is 21.8 Å². The van der Waals surface area contributed by atoms with Crippen LogP contribution in [0.4, 0.5) is 4.39 Å². The van der Waals surface area contributed by atoms with Crippen molar-refractivity contribution in [3.63, 3.8) is 0 Å². The lowest BCUT2D eigenvalue weighted by molar-refractivity contribution is 0.0766. The Bertz CT molecular complexity index is 456. The van der Waals surface area contributed by atoms with Crippen LogP contribution in [0.1, 0.15) is 28.8 Å². The number of rotatable bonds is 1. The second-order valence-corrected chi connectivity index (χ2v) is 4.99. The molecule has 0 aromatic heterocycles. The molecule has 1 aliphatic heterocycles. The number of amides is 1. The summed E-state index contributed by atoms with van der Waals surface area (Å²) in [6.45, 7) is 0.442. The highest BCUT2D eigenvalue weighted by atomic mass is 79.9. The van der Waals surface area contributed by atoms with E-state index >= 15 is 0 Å². The minimum Gasteiger partial charge on any atom is -0.331 e. The molecule has 1 aromatic rings. The van der Waals surface area contributed by atoms with Crippen LogP contribution in [0.2, 0.25) is 0 Å². The lowest BCUT2D eigenvalue weighted by atomic mass is 10.1. The SMILES string of the molecule is O=C1c2cc(Br)cc(F)c2CN1C1CC1. The van der Waals surface area contributed by atoms with Gasteiger partial charge in [-0.25, -0.2) is 4.39 Å². The van der Waals surface area contributed by atoms with Gasteiger partial charge in [0.15, 0.2) is 0 Å². The molecule has 0 spiro atoms. The van der Waals surface area contributed by atoms with E-state index in [4.69, 9.17) is 0 Å². The fraction of sp³-hybridized carbons (Fsp3) is 0.364. The summed E-state index contributed by atoms with van der Waals surface area (Å²) in [7, 11) is 0. The minimum atomic E-state index is -0.282. The van der Waals surface area contributed by atoms with Gasteiger partial charge in [-0.1, -0.05) is 15.9 Å². The van der Waals surface area contributed by atoms with Gasteiger partial charge in [0.05, 0.1) is 0 Å². The predicted molar refractivity (Wildman–Crippen MR) is 57.0 cm³/mol. The third kappa shape index (κ3) is 1.39. The van der Waals surface area contributed by atoms with Crippen molar-refractivity contribution in [3.05, 3.63) is 33.5 Å². The van der Waals surface area contributed by atoms with Gasteiger partial charge < -0.3 is 4.90 Å². The van der Waals surface area contributed by atoms with Crippen molar-refractivity contribution in [2.24, 2.45) is 0 Å². The molecule has 4 heteroatoms. The van der Waals surface area contributed by atoms with Crippen molar-refractivity contribution in [1.29, 1.82) is 0 Å². The Morgan fingerprint density at radius 1 is 1.40 bits per heavy atom. The Balaban J connectivity index is 2.07. The quantitative estimate of drug-likeness (QED) is 0.768. The van der Waals surface area contributed by atoms with Crippen LogP contribution in [0, 0.1) is 5.82 Å². The summed E-state index contributed by atoms with van der Waals surface area (Å²) < 4.78 is 14.2. The normalized spacial score (nSPS) is 19.6. The number of nitrogens with zero attached hydrogens (tertiary/aromatic N) is 1. The largest absolute Gasteiger partial charge is 0.331 e. The monoisotopic (exact) mass is 269 g/mol. The molecule has 0 radical (unpaired) electrons. The Morgan fingerprint density at radius 2 is 2.13 bits per heavy atom. The number of hydrogen-bond acceptors (Lipinski definition) is 1.